The Labute approximate surface area is 165 Å². The molecule has 0 saturated carbocycles. The zero-order chi connectivity index (χ0) is 19.5. The molecule has 0 unspecified atom stereocenters. The second kappa shape index (κ2) is 8.29. The monoisotopic (exact) mass is 415 g/mol. The fourth-order valence-electron chi connectivity index (χ4n) is 2.19. The summed E-state index contributed by atoms with van der Waals surface area (Å²) in [6.07, 6.45) is 0.175. The largest absolute Gasteiger partial charge is 0.507 e. The van der Waals surface area contributed by atoms with Gasteiger partial charge in [-0.25, -0.2) is 4.79 Å². The van der Waals surface area contributed by atoms with Gasteiger partial charge in [-0.2, -0.15) is 0 Å². The van der Waals surface area contributed by atoms with Gasteiger partial charge >= 0.3 is 5.97 Å². The van der Waals surface area contributed by atoms with Gasteiger partial charge in [-0.1, -0.05) is 29.3 Å². The summed E-state index contributed by atoms with van der Waals surface area (Å²) in [5.74, 6) is -1.05. The molecule has 2 aromatic rings. The molecule has 0 spiro atoms. The molecule has 2 rings (SSSR count). The van der Waals surface area contributed by atoms with Crippen molar-refractivity contribution in [3.63, 3.8) is 0 Å². The second-order valence-electron chi connectivity index (χ2n) is 6.63. The van der Waals surface area contributed by atoms with E-state index in [9.17, 15) is 14.7 Å². The molecular weight excluding hydrogens is 397 g/mol. The van der Waals surface area contributed by atoms with E-state index < -0.39 is 23.5 Å². The average molecular weight is 416 g/mol. The van der Waals surface area contributed by atoms with Gasteiger partial charge < -0.3 is 15.2 Å². The number of rotatable bonds is 5. The van der Waals surface area contributed by atoms with Gasteiger partial charge in [0.15, 0.2) is 0 Å². The summed E-state index contributed by atoms with van der Waals surface area (Å²) in [5.41, 5.74) is -0.613. The first-order valence-electron chi connectivity index (χ1n) is 7.81. The lowest BCUT2D eigenvalue weighted by molar-refractivity contribution is -0.157. The Morgan fingerprint density at radius 1 is 1.27 bits per heavy atom. The molecule has 5 nitrogen and oxygen atoms in total. The van der Waals surface area contributed by atoms with Crippen molar-refractivity contribution in [3.05, 3.63) is 50.1 Å². The Bertz CT molecular complexity index is 794. The zero-order valence-electron chi connectivity index (χ0n) is 14.5. The molecule has 0 radical (unpaired) electrons. The van der Waals surface area contributed by atoms with Crippen molar-refractivity contribution < 1.29 is 19.4 Å². The Morgan fingerprint density at radius 3 is 2.38 bits per heavy atom. The van der Waals surface area contributed by atoms with E-state index in [2.05, 4.69) is 5.32 Å². The molecule has 0 aliphatic carbocycles. The van der Waals surface area contributed by atoms with Gasteiger partial charge in [0.05, 0.1) is 15.6 Å². The van der Waals surface area contributed by atoms with Crippen molar-refractivity contribution >= 4 is 46.4 Å². The summed E-state index contributed by atoms with van der Waals surface area (Å²) in [4.78, 5) is 25.9. The van der Waals surface area contributed by atoms with Crippen molar-refractivity contribution in [2.24, 2.45) is 0 Å². The number of thiophene rings is 1. The molecule has 0 saturated heterocycles. The molecule has 1 heterocycles. The maximum absolute atomic E-state index is 12.6. The lowest BCUT2D eigenvalue weighted by Gasteiger charge is -2.24. The van der Waals surface area contributed by atoms with Crippen LogP contribution in [0.1, 0.15) is 36.0 Å². The third kappa shape index (κ3) is 5.62. The van der Waals surface area contributed by atoms with Crippen LogP contribution in [0.2, 0.25) is 10.0 Å². The van der Waals surface area contributed by atoms with Gasteiger partial charge in [-0.05, 0) is 39.0 Å². The summed E-state index contributed by atoms with van der Waals surface area (Å²) in [5, 5.41) is 14.1. The van der Waals surface area contributed by atoms with Gasteiger partial charge in [-0.3, -0.25) is 4.79 Å². The molecular formula is C18H19Cl2NO4S. The number of esters is 1. The van der Waals surface area contributed by atoms with Crippen LogP contribution in [-0.4, -0.2) is 28.6 Å². The van der Waals surface area contributed by atoms with E-state index in [4.69, 9.17) is 27.9 Å². The fraction of sp³-hybridized carbons (Fsp3) is 0.333. The minimum Gasteiger partial charge on any atom is -0.507 e. The van der Waals surface area contributed by atoms with E-state index in [0.717, 1.165) is 4.88 Å². The highest BCUT2D eigenvalue weighted by Gasteiger charge is 2.29. The van der Waals surface area contributed by atoms with Crippen molar-refractivity contribution in [2.45, 2.75) is 38.8 Å². The number of amides is 1. The molecule has 1 aromatic heterocycles. The molecule has 0 aliphatic rings. The molecule has 1 amide bonds. The molecule has 1 aromatic carbocycles. The second-order valence-corrected chi connectivity index (χ2v) is 8.44. The maximum Gasteiger partial charge on any atom is 0.329 e. The minimum absolute atomic E-state index is 0.0958. The van der Waals surface area contributed by atoms with Crippen molar-refractivity contribution in [2.75, 3.05) is 0 Å². The van der Waals surface area contributed by atoms with Crippen LogP contribution in [0.25, 0.3) is 0 Å². The molecule has 0 bridgehead atoms. The number of aromatic hydroxyl groups is 1. The van der Waals surface area contributed by atoms with Crippen molar-refractivity contribution in [1.29, 1.82) is 0 Å². The molecule has 140 valence electrons. The maximum atomic E-state index is 12.6. The number of carbonyl (C=O) groups excluding carboxylic acids is 2. The van der Waals surface area contributed by atoms with E-state index in [0.29, 0.717) is 0 Å². The van der Waals surface area contributed by atoms with Gasteiger partial charge in [0.25, 0.3) is 5.91 Å². The number of halogens is 2. The SMILES string of the molecule is CC(C)(C)OC(=O)[C@H](Cc1cc(O)cs1)NC(=O)c1c(Cl)cccc1Cl. The van der Waals surface area contributed by atoms with Crippen LogP contribution in [0, 0.1) is 0 Å². The predicted octanol–water partition coefficient (Wildman–Crippen LogP) is 4.44. The van der Waals surface area contributed by atoms with Crippen LogP contribution < -0.4 is 5.32 Å². The molecule has 8 heteroatoms. The van der Waals surface area contributed by atoms with Gasteiger partial charge in [0, 0.05) is 16.7 Å². The van der Waals surface area contributed by atoms with Crippen molar-refractivity contribution in [3.8, 4) is 5.75 Å². The normalized spacial score (nSPS) is 12.5. The first-order chi connectivity index (χ1) is 12.1. The van der Waals surface area contributed by atoms with Crippen LogP contribution in [-0.2, 0) is 16.0 Å². The predicted molar refractivity (Wildman–Crippen MR) is 103 cm³/mol. The van der Waals surface area contributed by atoms with Crippen LogP contribution in [0.15, 0.2) is 29.6 Å². The summed E-state index contributed by atoms with van der Waals surface area (Å²) >= 11 is 13.4. The smallest absolute Gasteiger partial charge is 0.329 e. The third-order valence-electron chi connectivity index (χ3n) is 3.23. The average Bonchev–Trinajstić information content (AvgIpc) is 2.90. The number of benzene rings is 1. The zero-order valence-corrected chi connectivity index (χ0v) is 16.8. The standard InChI is InChI=1S/C18H19Cl2NO4S/c1-18(2,3)25-17(24)14(8-11-7-10(22)9-26-11)21-16(23)15-12(19)5-4-6-13(15)20/h4-7,9,14,22H,8H2,1-3H3,(H,21,23)/t14-/m0/s1. The number of hydrogen-bond acceptors (Lipinski definition) is 5. The van der Waals surface area contributed by atoms with Crippen molar-refractivity contribution in [1.82, 2.24) is 5.32 Å². The summed E-state index contributed by atoms with van der Waals surface area (Å²) in [6.45, 7) is 5.23. The lowest BCUT2D eigenvalue weighted by Crippen LogP contribution is -2.45. The van der Waals surface area contributed by atoms with Gasteiger partial charge in [0.1, 0.15) is 17.4 Å². The van der Waals surface area contributed by atoms with Crippen LogP contribution in [0.3, 0.4) is 0 Å². The van der Waals surface area contributed by atoms with Gasteiger partial charge in [-0.15, -0.1) is 11.3 Å². The third-order valence-corrected chi connectivity index (χ3v) is 4.81. The molecule has 1 atom stereocenters. The lowest BCUT2D eigenvalue weighted by atomic mass is 10.1. The number of hydrogen-bond donors (Lipinski definition) is 2. The Kier molecular flexibility index (Phi) is 6.55. The van der Waals surface area contributed by atoms with E-state index in [1.54, 1.807) is 44.4 Å². The summed E-state index contributed by atoms with van der Waals surface area (Å²) < 4.78 is 5.40. The summed E-state index contributed by atoms with van der Waals surface area (Å²) in [7, 11) is 0. The minimum atomic E-state index is -0.952. The van der Waals surface area contributed by atoms with E-state index >= 15 is 0 Å². The first kappa shape index (κ1) is 20.6. The van der Waals surface area contributed by atoms with E-state index in [1.807, 2.05) is 0 Å². The molecule has 0 fully saturated rings. The summed E-state index contributed by atoms with van der Waals surface area (Å²) in [6, 6.07) is 5.30. The van der Waals surface area contributed by atoms with Crippen LogP contribution >= 0.6 is 34.5 Å². The Hall–Kier alpha value is -1.76. The van der Waals surface area contributed by atoms with Crippen LogP contribution in [0.5, 0.6) is 5.75 Å². The Balaban J connectivity index is 2.25. The molecule has 2 N–H and O–H groups in total. The molecule has 26 heavy (non-hydrogen) atoms. The number of carbonyl (C=O) groups is 2. The topological polar surface area (TPSA) is 75.6 Å². The highest BCUT2D eigenvalue weighted by Crippen LogP contribution is 2.25. The fourth-order valence-corrected chi connectivity index (χ4v) is 3.55. The van der Waals surface area contributed by atoms with Crippen LogP contribution in [0.4, 0.5) is 0 Å². The van der Waals surface area contributed by atoms with E-state index in [1.165, 1.54) is 17.4 Å². The molecule has 0 aliphatic heterocycles. The first-order valence-corrected chi connectivity index (χ1v) is 9.44. The van der Waals surface area contributed by atoms with E-state index in [-0.39, 0.29) is 27.8 Å². The highest BCUT2D eigenvalue weighted by atomic mass is 35.5. The van der Waals surface area contributed by atoms with Gasteiger partial charge in [0.2, 0.25) is 0 Å². The highest BCUT2D eigenvalue weighted by molar-refractivity contribution is 7.10. The Morgan fingerprint density at radius 2 is 1.88 bits per heavy atom. The number of ether oxygens (including phenoxy) is 1. The number of nitrogens with one attached hydrogen (secondary N) is 1. The quantitative estimate of drug-likeness (QED) is 0.707.